The van der Waals surface area contributed by atoms with E-state index in [2.05, 4.69) is 25.2 Å². The standard InChI is InChI=1S/C25H33NO3/c1-6-22(28-19-14-17(4)13-18(5)15-19)24(27)26-21-16-25(7-2,8-3)29-23-12-10-9-11-20(21)23/h9-15,21-22H,6-8,16H2,1-5H3,(H,26,27)/t21-,22+/m0/s1. The highest BCUT2D eigenvalue weighted by atomic mass is 16.5. The van der Waals surface area contributed by atoms with Crippen molar-refractivity contribution in [3.05, 3.63) is 59.2 Å². The van der Waals surface area contributed by atoms with E-state index in [0.717, 1.165) is 47.5 Å². The van der Waals surface area contributed by atoms with E-state index in [1.165, 1.54) is 0 Å². The molecule has 0 spiro atoms. The summed E-state index contributed by atoms with van der Waals surface area (Å²) in [5.74, 6) is 1.54. The van der Waals surface area contributed by atoms with E-state index in [1.807, 2.05) is 57.2 Å². The SMILES string of the molecule is CC[C@@H](Oc1cc(C)cc(C)c1)C(=O)N[C@H]1CC(CC)(CC)Oc2ccccc21. The molecule has 2 aromatic carbocycles. The number of carbonyl (C=O) groups excluding carboxylic acids is 1. The Morgan fingerprint density at radius 2 is 1.79 bits per heavy atom. The van der Waals surface area contributed by atoms with Crippen molar-refractivity contribution < 1.29 is 14.3 Å². The van der Waals surface area contributed by atoms with Gasteiger partial charge in [0.25, 0.3) is 5.91 Å². The molecule has 0 aromatic heterocycles. The molecule has 1 aliphatic rings. The van der Waals surface area contributed by atoms with Gasteiger partial charge in [-0.25, -0.2) is 0 Å². The van der Waals surface area contributed by atoms with E-state index < -0.39 is 6.10 Å². The molecule has 156 valence electrons. The van der Waals surface area contributed by atoms with E-state index >= 15 is 0 Å². The minimum absolute atomic E-state index is 0.0746. The number of benzene rings is 2. The normalized spacial score (nSPS) is 18.3. The highest BCUT2D eigenvalue weighted by molar-refractivity contribution is 5.81. The predicted molar refractivity (Wildman–Crippen MR) is 117 cm³/mol. The molecule has 0 fully saturated rings. The van der Waals surface area contributed by atoms with Crippen LogP contribution in [-0.4, -0.2) is 17.6 Å². The lowest BCUT2D eigenvalue weighted by atomic mass is 9.83. The Morgan fingerprint density at radius 3 is 2.41 bits per heavy atom. The molecular weight excluding hydrogens is 362 g/mol. The van der Waals surface area contributed by atoms with E-state index in [9.17, 15) is 4.79 Å². The molecule has 4 heteroatoms. The van der Waals surface area contributed by atoms with Crippen LogP contribution in [0, 0.1) is 13.8 Å². The maximum Gasteiger partial charge on any atom is 0.261 e. The van der Waals surface area contributed by atoms with Crippen LogP contribution in [0.2, 0.25) is 0 Å². The number of fused-ring (bicyclic) bond motifs is 1. The molecule has 0 aliphatic carbocycles. The highest BCUT2D eigenvalue weighted by Gasteiger charge is 2.39. The molecular formula is C25H33NO3. The summed E-state index contributed by atoms with van der Waals surface area (Å²) in [6.07, 6.45) is 2.66. The summed E-state index contributed by atoms with van der Waals surface area (Å²) in [7, 11) is 0. The van der Waals surface area contributed by atoms with Crippen molar-refractivity contribution in [2.45, 2.75) is 78.0 Å². The first kappa shape index (κ1) is 21.2. The van der Waals surface area contributed by atoms with Gasteiger partial charge in [-0.2, -0.15) is 0 Å². The first-order valence-corrected chi connectivity index (χ1v) is 10.7. The Balaban J connectivity index is 1.80. The summed E-state index contributed by atoms with van der Waals surface area (Å²) < 4.78 is 12.4. The van der Waals surface area contributed by atoms with Gasteiger partial charge in [0.1, 0.15) is 17.1 Å². The lowest BCUT2D eigenvalue weighted by Crippen LogP contribution is -2.47. The van der Waals surface area contributed by atoms with Crippen LogP contribution in [0.3, 0.4) is 0 Å². The molecule has 0 saturated carbocycles. The van der Waals surface area contributed by atoms with Crippen molar-refractivity contribution in [3.8, 4) is 11.5 Å². The van der Waals surface area contributed by atoms with Gasteiger partial charge in [-0.05, 0) is 62.4 Å². The first-order valence-electron chi connectivity index (χ1n) is 10.7. The highest BCUT2D eigenvalue weighted by Crippen LogP contribution is 2.42. The third kappa shape index (κ3) is 4.75. The number of rotatable bonds is 7. The molecule has 2 aromatic rings. The first-order chi connectivity index (χ1) is 13.9. The van der Waals surface area contributed by atoms with Gasteiger partial charge in [0.05, 0.1) is 6.04 Å². The zero-order valence-corrected chi connectivity index (χ0v) is 18.2. The third-order valence-electron chi connectivity index (χ3n) is 5.94. The van der Waals surface area contributed by atoms with Crippen molar-refractivity contribution in [2.24, 2.45) is 0 Å². The molecule has 3 rings (SSSR count). The minimum Gasteiger partial charge on any atom is -0.487 e. The largest absolute Gasteiger partial charge is 0.487 e. The van der Waals surface area contributed by atoms with Gasteiger partial charge in [0, 0.05) is 12.0 Å². The van der Waals surface area contributed by atoms with Crippen LogP contribution >= 0.6 is 0 Å². The summed E-state index contributed by atoms with van der Waals surface area (Å²) in [6, 6.07) is 14.0. The Labute approximate surface area is 174 Å². The van der Waals surface area contributed by atoms with Crippen molar-refractivity contribution >= 4 is 5.91 Å². The molecule has 0 radical (unpaired) electrons. The van der Waals surface area contributed by atoms with Gasteiger partial charge in [-0.15, -0.1) is 0 Å². The summed E-state index contributed by atoms with van der Waals surface area (Å²) in [4.78, 5) is 13.1. The maximum absolute atomic E-state index is 13.1. The fourth-order valence-corrected chi connectivity index (χ4v) is 4.18. The van der Waals surface area contributed by atoms with Gasteiger partial charge >= 0.3 is 0 Å². The molecule has 1 amide bonds. The van der Waals surface area contributed by atoms with Crippen LogP contribution in [0.1, 0.15) is 69.2 Å². The fourth-order valence-electron chi connectivity index (χ4n) is 4.18. The quantitative estimate of drug-likeness (QED) is 0.658. The number of nitrogens with one attached hydrogen (secondary N) is 1. The van der Waals surface area contributed by atoms with E-state index in [0.29, 0.717) is 6.42 Å². The monoisotopic (exact) mass is 395 g/mol. The summed E-state index contributed by atoms with van der Waals surface area (Å²) >= 11 is 0. The van der Waals surface area contributed by atoms with Crippen molar-refractivity contribution in [1.29, 1.82) is 0 Å². The van der Waals surface area contributed by atoms with Gasteiger partial charge in [-0.3, -0.25) is 4.79 Å². The Bertz CT molecular complexity index is 837. The Morgan fingerprint density at radius 1 is 1.14 bits per heavy atom. The molecule has 29 heavy (non-hydrogen) atoms. The van der Waals surface area contributed by atoms with Crippen LogP contribution in [0.4, 0.5) is 0 Å². The second kappa shape index (κ2) is 8.89. The zero-order chi connectivity index (χ0) is 21.0. The number of hydrogen-bond acceptors (Lipinski definition) is 3. The van der Waals surface area contributed by atoms with Crippen molar-refractivity contribution in [1.82, 2.24) is 5.32 Å². The number of aryl methyl sites for hydroxylation is 2. The van der Waals surface area contributed by atoms with Crippen molar-refractivity contribution in [2.75, 3.05) is 0 Å². The fraction of sp³-hybridized carbons (Fsp3) is 0.480. The minimum atomic E-state index is -0.524. The Hall–Kier alpha value is -2.49. The lowest BCUT2D eigenvalue weighted by molar-refractivity contribution is -0.129. The lowest BCUT2D eigenvalue weighted by Gasteiger charge is -2.42. The van der Waals surface area contributed by atoms with Crippen LogP contribution in [0.25, 0.3) is 0 Å². The average molecular weight is 396 g/mol. The van der Waals surface area contributed by atoms with E-state index in [4.69, 9.17) is 9.47 Å². The van der Waals surface area contributed by atoms with Crippen LogP contribution in [0.5, 0.6) is 11.5 Å². The second-order valence-corrected chi connectivity index (χ2v) is 8.13. The smallest absolute Gasteiger partial charge is 0.261 e. The summed E-state index contributed by atoms with van der Waals surface area (Å²) in [5, 5.41) is 3.26. The number of ether oxygens (including phenoxy) is 2. The maximum atomic E-state index is 13.1. The van der Waals surface area contributed by atoms with Gasteiger partial charge < -0.3 is 14.8 Å². The predicted octanol–water partition coefficient (Wildman–Crippen LogP) is 5.66. The molecule has 1 aliphatic heterocycles. The van der Waals surface area contributed by atoms with Crippen LogP contribution in [0.15, 0.2) is 42.5 Å². The van der Waals surface area contributed by atoms with Gasteiger partial charge in [0.2, 0.25) is 0 Å². The molecule has 2 atom stereocenters. The number of carbonyl (C=O) groups is 1. The van der Waals surface area contributed by atoms with Crippen LogP contribution in [-0.2, 0) is 4.79 Å². The van der Waals surface area contributed by atoms with Crippen LogP contribution < -0.4 is 14.8 Å². The molecule has 0 unspecified atom stereocenters. The number of para-hydroxylation sites is 1. The molecule has 1 N–H and O–H groups in total. The molecule has 0 bridgehead atoms. The number of amides is 1. The van der Waals surface area contributed by atoms with Gasteiger partial charge in [-0.1, -0.05) is 45.0 Å². The third-order valence-corrected chi connectivity index (χ3v) is 5.94. The molecule has 1 heterocycles. The van der Waals surface area contributed by atoms with Crippen molar-refractivity contribution in [3.63, 3.8) is 0 Å². The van der Waals surface area contributed by atoms with E-state index in [1.54, 1.807) is 0 Å². The molecule has 4 nitrogen and oxygen atoms in total. The number of hydrogen-bond donors (Lipinski definition) is 1. The summed E-state index contributed by atoms with van der Waals surface area (Å²) in [6.45, 7) is 10.3. The van der Waals surface area contributed by atoms with Gasteiger partial charge in [0.15, 0.2) is 6.10 Å². The van der Waals surface area contributed by atoms with E-state index in [-0.39, 0.29) is 17.6 Å². The summed E-state index contributed by atoms with van der Waals surface area (Å²) in [5.41, 5.74) is 3.05. The molecule has 0 saturated heterocycles. The second-order valence-electron chi connectivity index (χ2n) is 8.13. The zero-order valence-electron chi connectivity index (χ0n) is 18.2. The average Bonchev–Trinajstić information content (AvgIpc) is 2.71. The topological polar surface area (TPSA) is 47.6 Å². The Kier molecular flexibility index (Phi) is 6.51.